The highest BCUT2D eigenvalue weighted by Gasteiger charge is 2.13. The lowest BCUT2D eigenvalue weighted by atomic mass is 10.3. The van der Waals surface area contributed by atoms with Crippen LogP contribution in [0.3, 0.4) is 0 Å². The number of nitrogens with one attached hydrogen (secondary N) is 1. The number of anilines is 1. The Morgan fingerprint density at radius 3 is 2.59 bits per heavy atom. The van der Waals surface area contributed by atoms with Gasteiger partial charge in [-0.05, 0) is 25.0 Å². The van der Waals surface area contributed by atoms with E-state index in [1.165, 1.54) is 0 Å². The number of benzene rings is 1. The standard InChI is InChI=1S/C10H12ClF2NO2S/c11-5-1-2-6-17(15,16)14-10-7-8(12)3-4-9(10)13/h3-4,7,14H,1-2,5-6H2. The molecule has 0 spiro atoms. The van der Waals surface area contributed by atoms with Crippen molar-refractivity contribution in [2.45, 2.75) is 12.8 Å². The monoisotopic (exact) mass is 283 g/mol. The van der Waals surface area contributed by atoms with Gasteiger partial charge in [0.2, 0.25) is 10.0 Å². The molecule has 0 aliphatic heterocycles. The number of rotatable bonds is 6. The van der Waals surface area contributed by atoms with Gasteiger partial charge in [0.15, 0.2) is 0 Å². The van der Waals surface area contributed by atoms with Crippen LogP contribution in [0.15, 0.2) is 18.2 Å². The topological polar surface area (TPSA) is 46.2 Å². The van der Waals surface area contributed by atoms with Gasteiger partial charge in [0.25, 0.3) is 0 Å². The first-order chi connectivity index (χ1) is 7.94. The van der Waals surface area contributed by atoms with Crippen molar-refractivity contribution < 1.29 is 17.2 Å². The first kappa shape index (κ1) is 14.2. The van der Waals surface area contributed by atoms with Gasteiger partial charge in [0, 0.05) is 11.9 Å². The molecule has 0 amide bonds. The van der Waals surface area contributed by atoms with Crippen molar-refractivity contribution >= 4 is 27.3 Å². The molecule has 1 rings (SSSR count). The quantitative estimate of drug-likeness (QED) is 0.644. The summed E-state index contributed by atoms with van der Waals surface area (Å²) < 4.78 is 51.0. The largest absolute Gasteiger partial charge is 0.280 e. The molecule has 96 valence electrons. The SMILES string of the molecule is O=S(=O)(CCCCCl)Nc1cc(F)ccc1F. The van der Waals surface area contributed by atoms with Crippen molar-refractivity contribution in [3.05, 3.63) is 29.8 Å². The van der Waals surface area contributed by atoms with Gasteiger partial charge in [-0.15, -0.1) is 11.6 Å². The molecular formula is C10H12ClF2NO2S. The van der Waals surface area contributed by atoms with E-state index in [1.807, 2.05) is 4.72 Å². The molecule has 1 aromatic carbocycles. The van der Waals surface area contributed by atoms with E-state index < -0.39 is 21.7 Å². The van der Waals surface area contributed by atoms with Crippen LogP contribution in [0.4, 0.5) is 14.5 Å². The Balaban J connectivity index is 2.72. The summed E-state index contributed by atoms with van der Waals surface area (Å²) in [5.41, 5.74) is -0.379. The van der Waals surface area contributed by atoms with Gasteiger partial charge in [0.1, 0.15) is 11.6 Å². The third kappa shape index (κ3) is 4.87. The summed E-state index contributed by atoms with van der Waals surface area (Å²) >= 11 is 5.41. The van der Waals surface area contributed by atoms with Gasteiger partial charge >= 0.3 is 0 Å². The van der Waals surface area contributed by atoms with Crippen LogP contribution >= 0.6 is 11.6 Å². The molecule has 0 aromatic heterocycles. The second kappa shape index (κ2) is 6.16. The number of sulfonamides is 1. The fourth-order valence-corrected chi connectivity index (χ4v) is 2.55. The predicted octanol–water partition coefficient (Wildman–Crippen LogP) is 2.73. The Bertz CT molecular complexity index is 479. The molecule has 0 aliphatic rings. The second-order valence-corrected chi connectivity index (χ2v) is 5.66. The zero-order chi connectivity index (χ0) is 12.9. The number of hydrogen-bond donors (Lipinski definition) is 1. The van der Waals surface area contributed by atoms with E-state index in [-0.39, 0.29) is 11.4 Å². The summed E-state index contributed by atoms with van der Waals surface area (Å²) in [4.78, 5) is 0. The van der Waals surface area contributed by atoms with Crippen LogP contribution < -0.4 is 4.72 Å². The van der Waals surface area contributed by atoms with E-state index in [2.05, 4.69) is 0 Å². The summed E-state index contributed by atoms with van der Waals surface area (Å²) in [5, 5.41) is 0. The Labute approximate surface area is 104 Å². The van der Waals surface area contributed by atoms with Gasteiger partial charge in [-0.2, -0.15) is 0 Å². The Morgan fingerprint density at radius 2 is 1.94 bits per heavy atom. The average Bonchev–Trinajstić information content (AvgIpc) is 2.23. The molecule has 0 bridgehead atoms. The Kier molecular flexibility index (Phi) is 5.14. The van der Waals surface area contributed by atoms with Crippen molar-refractivity contribution in [2.24, 2.45) is 0 Å². The van der Waals surface area contributed by atoms with Crippen LogP contribution in [-0.4, -0.2) is 20.1 Å². The van der Waals surface area contributed by atoms with E-state index in [0.29, 0.717) is 18.7 Å². The Morgan fingerprint density at radius 1 is 1.24 bits per heavy atom. The molecule has 7 heteroatoms. The summed E-state index contributed by atoms with van der Waals surface area (Å²) in [6.45, 7) is 0. The summed E-state index contributed by atoms with van der Waals surface area (Å²) in [6.07, 6.45) is 0.921. The number of alkyl halides is 1. The molecule has 1 aromatic rings. The third-order valence-electron chi connectivity index (χ3n) is 1.99. The van der Waals surface area contributed by atoms with Gasteiger partial charge in [0.05, 0.1) is 11.4 Å². The fraction of sp³-hybridized carbons (Fsp3) is 0.400. The lowest BCUT2D eigenvalue weighted by Crippen LogP contribution is -2.17. The number of unbranched alkanes of at least 4 members (excludes halogenated alkanes) is 1. The van der Waals surface area contributed by atoms with Crippen LogP contribution in [-0.2, 0) is 10.0 Å². The highest BCUT2D eigenvalue weighted by atomic mass is 35.5. The molecule has 0 unspecified atom stereocenters. The summed E-state index contributed by atoms with van der Waals surface area (Å²) in [5.74, 6) is -1.32. The van der Waals surface area contributed by atoms with Gasteiger partial charge in [-0.1, -0.05) is 0 Å². The van der Waals surface area contributed by atoms with Crippen molar-refractivity contribution in [1.82, 2.24) is 0 Å². The van der Waals surface area contributed by atoms with Crippen LogP contribution in [0.5, 0.6) is 0 Å². The average molecular weight is 284 g/mol. The molecule has 0 radical (unpaired) electrons. The molecular weight excluding hydrogens is 272 g/mol. The predicted molar refractivity (Wildman–Crippen MR) is 63.7 cm³/mol. The highest BCUT2D eigenvalue weighted by molar-refractivity contribution is 7.92. The summed E-state index contributed by atoms with van der Waals surface area (Å²) in [6, 6.07) is 2.58. The van der Waals surface area contributed by atoms with Crippen LogP contribution in [0.2, 0.25) is 0 Å². The van der Waals surface area contributed by atoms with Crippen LogP contribution in [0, 0.1) is 11.6 Å². The van der Waals surface area contributed by atoms with Crippen LogP contribution in [0.25, 0.3) is 0 Å². The smallest absolute Gasteiger partial charge is 0.232 e. The van der Waals surface area contributed by atoms with Crippen molar-refractivity contribution in [1.29, 1.82) is 0 Å². The van der Waals surface area contributed by atoms with Gasteiger partial charge < -0.3 is 0 Å². The van der Waals surface area contributed by atoms with Crippen molar-refractivity contribution in [3.8, 4) is 0 Å². The lowest BCUT2D eigenvalue weighted by Gasteiger charge is -2.08. The first-order valence-electron chi connectivity index (χ1n) is 4.96. The molecule has 0 atom stereocenters. The first-order valence-corrected chi connectivity index (χ1v) is 7.15. The second-order valence-electron chi connectivity index (χ2n) is 3.44. The molecule has 1 N–H and O–H groups in total. The molecule has 3 nitrogen and oxygen atoms in total. The summed E-state index contributed by atoms with van der Waals surface area (Å²) in [7, 11) is -3.66. The maximum absolute atomic E-state index is 13.2. The van der Waals surface area contributed by atoms with E-state index in [9.17, 15) is 17.2 Å². The maximum Gasteiger partial charge on any atom is 0.232 e. The zero-order valence-corrected chi connectivity index (χ0v) is 10.5. The zero-order valence-electron chi connectivity index (χ0n) is 8.92. The maximum atomic E-state index is 13.2. The minimum Gasteiger partial charge on any atom is -0.280 e. The van der Waals surface area contributed by atoms with Crippen molar-refractivity contribution in [3.63, 3.8) is 0 Å². The minimum absolute atomic E-state index is 0.171. The lowest BCUT2D eigenvalue weighted by molar-refractivity contribution is 0.592. The number of halogens is 3. The minimum atomic E-state index is -3.66. The normalized spacial score (nSPS) is 11.5. The molecule has 0 saturated heterocycles. The molecule has 0 fully saturated rings. The van der Waals surface area contributed by atoms with E-state index in [4.69, 9.17) is 11.6 Å². The fourth-order valence-electron chi connectivity index (χ4n) is 1.18. The number of hydrogen-bond acceptors (Lipinski definition) is 2. The Hall–Kier alpha value is -0.880. The van der Waals surface area contributed by atoms with E-state index in [1.54, 1.807) is 0 Å². The molecule has 0 saturated carbocycles. The van der Waals surface area contributed by atoms with Crippen molar-refractivity contribution in [2.75, 3.05) is 16.4 Å². The van der Waals surface area contributed by atoms with E-state index in [0.717, 1.165) is 18.2 Å². The molecule has 0 aliphatic carbocycles. The highest BCUT2D eigenvalue weighted by Crippen LogP contribution is 2.17. The van der Waals surface area contributed by atoms with Crippen LogP contribution in [0.1, 0.15) is 12.8 Å². The third-order valence-corrected chi connectivity index (χ3v) is 3.61. The van der Waals surface area contributed by atoms with Gasteiger partial charge in [-0.25, -0.2) is 17.2 Å². The molecule has 17 heavy (non-hydrogen) atoms. The molecule has 0 heterocycles. The van der Waals surface area contributed by atoms with E-state index >= 15 is 0 Å². The van der Waals surface area contributed by atoms with Gasteiger partial charge in [-0.3, -0.25) is 4.72 Å².